The molecule has 2 atom stereocenters. The largest absolute Gasteiger partial charge is 0.508 e. The van der Waals surface area contributed by atoms with Crippen molar-refractivity contribution in [3.8, 4) is 34.3 Å². The quantitative estimate of drug-likeness (QED) is 0.0595. The van der Waals surface area contributed by atoms with Gasteiger partial charge < -0.3 is 45.1 Å². The maximum Gasteiger partial charge on any atom is 0.482 e. The van der Waals surface area contributed by atoms with Crippen molar-refractivity contribution in [3.63, 3.8) is 0 Å². The second-order valence-corrected chi connectivity index (χ2v) is 19.9. The number of rotatable bonds is 16. The topological polar surface area (TPSA) is 206 Å². The number of piperidine rings is 1. The van der Waals surface area contributed by atoms with Gasteiger partial charge in [0.25, 0.3) is 17.7 Å². The molecule has 16 nitrogen and oxygen atoms in total. The van der Waals surface area contributed by atoms with Gasteiger partial charge in [0.05, 0.1) is 34.2 Å². The maximum absolute atomic E-state index is 13.8. The molecular formula is C51H60BCl2N7O9. The molecule has 2 aliphatic rings. The molecular weight excluding hydrogens is 936 g/mol. The predicted molar refractivity (Wildman–Crippen MR) is 268 cm³/mol. The summed E-state index contributed by atoms with van der Waals surface area (Å²) in [5.41, 5.74) is 1.17. The Labute approximate surface area is 418 Å². The Kier molecular flexibility index (Phi) is 15.9. The highest BCUT2D eigenvalue weighted by atomic mass is 35.5. The van der Waals surface area contributed by atoms with Crippen LogP contribution >= 0.6 is 23.2 Å². The summed E-state index contributed by atoms with van der Waals surface area (Å²) in [5, 5.41) is 38.8. The number of likely N-dealkylation sites (tertiary alicyclic amines) is 1. The average Bonchev–Trinajstić information content (AvgIpc) is 3.87. The number of nitrogens with one attached hydrogen (secondary N) is 3. The molecule has 4 aromatic carbocycles. The fourth-order valence-electron chi connectivity index (χ4n) is 8.79. The Morgan fingerprint density at radius 3 is 2.19 bits per heavy atom. The van der Waals surface area contributed by atoms with Crippen molar-refractivity contribution in [2.45, 2.75) is 104 Å². The Bertz CT molecular complexity index is 2730. The van der Waals surface area contributed by atoms with Gasteiger partial charge >= 0.3 is 7.12 Å². The van der Waals surface area contributed by atoms with Gasteiger partial charge in [0.1, 0.15) is 29.0 Å². The Morgan fingerprint density at radius 2 is 1.54 bits per heavy atom. The van der Waals surface area contributed by atoms with Gasteiger partial charge in [0, 0.05) is 54.8 Å². The summed E-state index contributed by atoms with van der Waals surface area (Å²) in [5.74, 6) is -1.30. The molecule has 0 saturated carbocycles. The second-order valence-electron chi connectivity index (χ2n) is 19.1. The van der Waals surface area contributed by atoms with Gasteiger partial charge in [-0.3, -0.25) is 23.7 Å². The van der Waals surface area contributed by atoms with E-state index >= 15 is 0 Å². The zero-order valence-corrected chi connectivity index (χ0v) is 42.2. The summed E-state index contributed by atoms with van der Waals surface area (Å²) < 4.78 is 21.2. The molecule has 3 heterocycles. The molecule has 370 valence electrons. The molecule has 0 aliphatic carbocycles. The van der Waals surface area contributed by atoms with Gasteiger partial charge in [-0.1, -0.05) is 63.0 Å². The van der Waals surface area contributed by atoms with Crippen LogP contribution in [0.1, 0.15) is 123 Å². The highest BCUT2D eigenvalue weighted by molar-refractivity contribution is 6.48. The van der Waals surface area contributed by atoms with E-state index in [1.165, 1.54) is 18.2 Å². The van der Waals surface area contributed by atoms with Gasteiger partial charge in [-0.05, 0) is 118 Å². The third-order valence-corrected chi connectivity index (χ3v) is 13.5. The van der Waals surface area contributed by atoms with Gasteiger partial charge in [0.15, 0.2) is 5.82 Å². The van der Waals surface area contributed by atoms with Crippen molar-refractivity contribution in [2.75, 3.05) is 26.2 Å². The summed E-state index contributed by atoms with van der Waals surface area (Å²) >= 11 is 12.2. The molecule has 0 bridgehead atoms. The van der Waals surface area contributed by atoms with Crippen molar-refractivity contribution in [2.24, 2.45) is 5.92 Å². The Balaban J connectivity index is 0.964. The zero-order chi connectivity index (χ0) is 50.7. The van der Waals surface area contributed by atoms with Crippen LogP contribution in [0.15, 0.2) is 78.9 Å². The van der Waals surface area contributed by atoms with Crippen molar-refractivity contribution >= 4 is 53.9 Å². The van der Waals surface area contributed by atoms with E-state index < -0.39 is 42.0 Å². The number of benzene rings is 4. The monoisotopic (exact) mass is 995 g/mol. The van der Waals surface area contributed by atoms with Gasteiger partial charge in [0.2, 0.25) is 11.7 Å². The molecule has 7 rings (SSSR count). The summed E-state index contributed by atoms with van der Waals surface area (Å²) in [7, 11) is -0.814. The number of hydrogen-bond donors (Lipinski definition) is 5. The smallest absolute Gasteiger partial charge is 0.482 e. The van der Waals surface area contributed by atoms with E-state index in [9.17, 15) is 29.4 Å². The molecule has 5 N–H and O–H groups in total. The predicted octanol–water partition coefficient (Wildman–Crippen LogP) is 8.24. The van der Waals surface area contributed by atoms with Crippen molar-refractivity contribution < 1.29 is 43.4 Å². The molecule has 1 unspecified atom stereocenters. The van der Waals surface area contributed by atoms with Crippen LogP contribution in [0.25, 0.3) is 17.1 Å². The van der Waals surface area contributed by atoms with E-state index in [1.54, 1.807) is 60.0 Å². The van der Waals surface area contributed by atoms with Crippen LogP contribution in [-0.4, -0.2) is 104 Å². The lowest BCUT2D eigenvalue weighted by Crippen LogP contribution is -2.51. The molecule has 19 heteroatoms. The molecule has 5 aromatic rings. The van der Waals surface area contributed by atoms with Gasteiger partial charge in [-0.25, -0.2) is 0 Å². The minimum atomic E-state index is -0.957. The van der Waals surface area contributed by atoms with Crippen LogP contribution in [0.5, 0.6) is 17.2 Å². The molecule has 2 aliphatic heterocycles. The number of phenolic OH excluding ortho intramolecular Hbond substituents is 2. The van der Waals surface area contributed by atoms with Crippen LogP contribution in [-0.2, 0) is 19.7 Å². The minimum absolute atomic E-state index is 0.0281. The normalized spacial score (nSPS) is 17.4. The van der Waals surface area contributed by atoms with E-state index in [0.29, 0.717) is 72.0 Å². The molecule has 2 fully saturated rings. The molecule has 2 saturated heterocycles. The second kappa shape index (κ2) is 21.5. The van der Waals surface area contributed by atoms with E-state index in [4.69, 9.17) is 37.2 Å². The number of hydrogen-bond acceptors (Lipinski definition) is 11. The number of aromatic hydroxyl groups is 2. The number of nitrogens with zero attached hydrogens (tertiary/aromatic N) is 4. The maximum atomic E-state index is 13.8. The van der Waals surface area contributed by atoms with Gasteiger partial charge in [-0.2, -0.15) is 0 Å². The number of phenols is 2. The highest BCUT2D eigenvalue weighted by Crippen LogP contribution is 2.46. The molecule has 70 heavy (non-hydrogen) atoms. The summed E-state index contributed by atoms with van der Waals surface area (Å²) in [6.45, 7) is 16.6. The third-order valence-electron chi connectivity index (χ3n) is 12.9. The third kappa shape index (κ3) is 11.2. The first-order valence-corrected chi connectivity index (χ1v) is 24.3. The Morgan fingerprint density at radius 1 is 0.857 bits per heavy atom. The van der Waals surface area contributed by atoms with Crippen molar-refractivity contribution in [3.05, 3.63) is 117 Å². The summed E-state index contributed by atoms with van der Waals surface area (Å²) in [4.78, 5) is 54.8. The molecule has 4 amide bonds. The number of halogens is 2. The molecule has 0 spiro atoms. The van der Waals surface area contributed by atoms with Crippen LogP contribution in [0.3, 0.4) is 0 Å². The molecule has 1 aromatic heterocycles. The SMILES string of the molecule is CCNC(=O)c1nnc(-c2cc(C(C)C)c(O)cc2O)n1-c1ccc(OC2CCN(C(=O)c3ccc(C4(C)OB([C@H](CC(C)C)NC(=O)CNC(=O)c5cc(Cl)ccc5Cl)OC4(C)C)cc3)CC2)cc1. The fraction of sp³-hybridized carbons (Fsp3) is 0.412. The van der Waals surface area contributed by atoms with Crippen LogP contribution < -0.4 is 20.7 Å². The van der Waals surface area contributed by atoms with Crippen molar-refractivity contribution in [1.29, 1.82) is 0 Å². The number of ether oxygens (including phenoxy) is 1. The van der Waals surface area contributed by atoms with Gasteiger partial charge in [-0.15, -0.1) is 10.2 Å². The van der Waals surface area contributed by atoms with E-state index in [1.807, 2.05) is 65.5 Å². The Hall–Kier alpha value is -6.14. The zero-order valence-electron chi connectivity index (χ0n) is 40.6. The number of carbonyl (C=O) groups is 4. The first kappa shape index (κ1) is 51.7. The lowest BCUT2D eigenvalue weighted by molar-refractivity contribution is -0.120. The summed E-state index contributed by atoms with van der Waals surface area (Å²) in [6.07, 6.45) is 1.61. The number of carbonyl (C=O) groups excluding carboxylic acids is 4. The first-order chi connectivity index (χ1) is 33.2. The van der Waals surface area contributed by atoms with Crippen LogP contribution in [0, 0.1) is 5.92 Å². The number of amides is 4. The van der Waals surface area contributed by atoms with E-state index in [-0.39, 0.29) is 64.1 Å². The first-order valence-electron chi connectivity index (χ1n) is 23.5. The van der Waals surface area contributed by atoms with Crippen LogP contribution in [0.2, 0.25) is 10.0 Å². The fourth-order valence-corrected chi connectivity index (χ4v) is 9.17. The lowest BCUT2D eigenvalue weighted by atomic mass is 9.74. The van der Waals surface area contributed by atoms with E-state index in [0.717, 1.165) is 5.56 Å². The molecule has 0 radical (unpaired) electrons. The minimum Gasteiger partial charge on any atom is -0.508 e. The van der Waals surface area contributed by atoms with Crippen molar-refractivity contribution in [1.82, 2.24) is 35.6 Å². The highest BCUT2D eigenvalue weighted by Gasteiger charge is 2.57. The average molecular weight is 997 g/mol. The lowest BCUT2D eigenvalue weighted by Gasteiger charge is -2.37. The van der Waals surface area contributed by atoms with E-state index in [2.05, 4.69) is 26.1 Å². The van der Waals surface area contributed by atoms with Crippen LogP contribution in [0.4, 0.5) is 0 Å². The standard InChI is InChI=1S/C51H60BCl2N7O9/c1-9-55-48(66)46-59-58-45(39-26-37(30(4)5)41(62)27-42(39)63)61(46)34-15-17-35(18-16-34)68-36-20-22-60(23-21-36)49(67)31-10-12-32(13-11-31)51(8)50(6,7)69-52(70-51)43(24-29(2)3)57-44(64)28-56-47(65)38-25-33(53)14-19-40(38)54/h10-19,25-27,29-30,36,43,62-63H,9,20-24,28H2,1-8H3,(H,55,66)(H,56,65)(H,57,64)/t43-,51?/m0/s1. The summed E-state index contributed by atoms with van der Waals surface area (Å²) in [6, 6.07) is 22.0. The number of aromatic nitrogens is 3.